The predicted molar refractivity (Wildman–Crippen MR) is 58.7 cm³/mol. The summed E-state index contributed by atoms with van der Waals surface area (Å²) in [5.41, 5.74) is -0.249. The van der Waals surface area contributed by atoms with Crippen LogP contribution in [0, 0.1) is 10.1 Å². The van der Waals surface area contributed by atoms with Gasteiger partial charge in [-0.1, -0.05) is 6.07 Å². The van der Waals surface area contributed by atoms with Crippen LogP contribution in [0.5, 0.6) is 0 Å². The molecule has 0 aliphatic carbocycles. The first-order valence-electron chi connectivity index (χ1n) is 4.90. The maximum Gasteiger partial charge on any atom is 0.293 e. The molecular weight excluding hydrogens is 226 g/mol. The van der Waals surface area contributed by atoms with Gasteiger partial charge < -0.3 is 10.6 Å². The number of benzene rings is 1. The van der Waals surface area contributed by atoms with E-state index in [1.165, 1.54) is 25.1 Å². The summed E-state index contributed by atoms with van der Waals surface area (Å²) in [7, 11) is 0. The maximum absolute atomic E-state index is 11.7. The first-order chi connectivity index (χ1) is 8.00. The molecule has 7 heteroatoms. The van der Waals surface area contributed by atoms with E-state index < -0.39 is 22.8 Å². The Hall–Kier alpha value is -2.44. The molecule has 0 saturated carbocycles. The van der Waals surface area contributed by atoms with E-state index in [0.29, 0.717) is 0 Å². The van der Waals surface area contributed by atoms with E-state index in [2.05, 4.69) is 10.6 Å². The quantitative estimate of drug-likeness (QED) is 0.551. The number of anilines is 1. The lowest BCUT2D eigenvalue weighted by Gasteiger charge is -2.06. The molecule has 0 spiro atoms. The van der Waals surface area contributed by atoms with Crippen LogP contribution < -0.4 is 10.6 Å². The number of rotatable bonds is 1. The van der Waals surface area contributed by atoms with Crippen LogP contribution >= 0.6 is 0 Å². The average Bonchev–Trinajstić information content (AvgIpc) is 2.37. The minimum absolute atomic E-state index is 0.0515. The van der Waals surface area contributed by atoms with Crippen LogP contribution in [0.2, 0.25) is 0 Å². The molecule has 1 aliphatic rings. The highest BCUT2D eigenvalue weighted by Gasteiger charge is 2.29. The van der Waals surface area contributed by atoms with Crippen LogP contribution in [0.3, 0.4) is 0 Å². The fraction of sp³-hybridized carbons (Fsp3) is 0.200. The Bertz CT molecular complexity index is 526. The number of hydrogen-bond acceptors (Lipinski definition) is 4. The number of carbonyl (C=O) groups excluding carboxylic acids is 2. The zero-order valence-corrected chi connectivity index (χ0v) is 8.89. The molecule has 0 radical (unpaired) electrons. The van der Waals surface area contributed by atoms with Gasteiger partial charge in [0.25, 0.3) is 11.6 Å². The molecule has 1 aromatic rings. The molecule has 2 amide bonds. The van der Waals surface area contributed by atoms with Gasteiger partial charge in [-0.25, -0.2) is 0 Å². The number of carbonyl (C=O) groups is 2. The van der Waals surface area contributed by atoms with Gasteiger partial charge in [0.05, 0.1) is 10.5 Å². The third kappa shape index (κ3) is 1.82. The number of nitrogens with zero attached hydrogens (tertiary/aromatic N) is 1. The molecule has 1 unspecified atom stereocenters. The molecule has 1 heterocycles. The zero-order valence-electron chi connectivity index (χ0n) is 8.89. The van der Waals surface area contributed by atoms with Gasteiger partial charge in [0.15, 0.2) is 0 Å². The molecule has 1 aromatic carbocycles. The van der Waals surface area contributed by atoms with Gasteiger partial charge in [-0.2, -0.15) is 0 Å². The topological polar surface area (TPSA) is 101 Å². The number of nitro groups is 1. The summed E-state index contributed by atoms with van der Waals surface area (Å²) in [5.74, 6) is -0.985. The normalized spacial score (nSPS) is 18.8. The summed E-state index contributed by atoms with van der Waals surface area (Å²) in [6, 6.07) is 3.34. The van der Waals surface area contributed by atoms with Crippen LogP contribution in [0.25, 0.3) is 0 Å². The Kier molecular flexibility index (Phi) is 2.51. The van der Waals surface area contributed by atoms with Crippen LogP contribution in [0.15, 0.2) is 18.2 Å². The van der Waals surface area contributed by atoms with E-state index in [1.807, 2.05) is 0 Å². The highest BCUT2D eigenvalue weighted by molar-refractivity contribution is 6.11. The van der Waals surface area contributed by atoms with Crippen LogP contribution in [0.4, 0.5) is 11.4 Å². The number of hydrogen-bond donors (Lipinski definition) is 2. The molecule has 88 valence electrons. The molecule has 0 aromatic heterocycles. The van der Waals surface area contributed by atoms with Gasteiger partial charge in [0.1, 0.15) is 11.7 Å². The molecule has 17 heavy (non-hydrogen) atoms. The van der Waals surface area contributed by atoms with Crippen molar-refractivity contribution in [1.29, 1.82) is 0 Å². The number of nitro benzene ring substituents is 1. The van der Waals surface area contributed by atoms with Crippen molar-refractivity contribution in [1.82, 2.24) is 5.32 Å². The average molecular weight is 235 g/mol. The first-order valence-corrected chi connectivity index (χ1v) is 4.90. The number of para-hydroxylation sites is 1. The summed E-state index contributed by atoms with van der Waals surface area (Å²) >= 11 is 0. The highest BCUT2D eigenvalue weighted by Crippen LogP contribution is 2.29. The fourth-order valence-electron chi connectivity index (χ4n) is 1.58. The molecule has 2 rings (SSSR count). The molecule has 0 saturated heterocycles. The van der Waals surface area contributed by atoms with Crippen LogP contribution in [0.1, 0.15) is 17.3 Å². The minimum Gasteiger partial charge on any atom is -0.340 e. The van der Waals surface area contributed by atoms with Crippen LogP contribution in [-0.2, 0) is 4.79 Å². The number of nitrogens with one attached hydrogen (secondary N) is 2. The molecule has 0 fully saturated rings. The Morgan fingerprint density at radius 1 is 1.35 bits per heavy atom. The van der Waals surface area contributed by atoms with Crippen molar-refractivity contribution in [2.24, 2.45) is 0 Å². The monoisotopic (exact) mass is 235 g/mol. The smallest absolute Gasteiger partial charge is 0.293 e. The van der Waals surface area contributed by atoms with Crippen LogP contribution in [-0.4, -0.2) is 22.8 Å². The van der Waals surface area contributed by atoms with Crippen molar-refractivity contribution in [2.45, 2.75) is 13.0 Å². The van der Waals surface area contributed by atoms with Crippen molar-refractivity contribution in [3.05, 3.63) is 33.9 Å². The van der Waals surface area contributed by atoms with Crippen molar-refractivity contribution in [2.75, 3.05) is 5.32 Å². The second-order valence-corrected chi connectivity index (χ2v) is 3.64. The van der Waals surface area contributed by atoms with E-state index in [-0.39, 0.29) is 16.9 Å². The van der Waals surface area contributed by atoms with Gasteiger partial charge in [-0.15, -0.1) is 0 Å². The van der Waals surface area contributed by atoms with E-state index in [1.54, 1.807) is 0 Å². The Labute approximate surface area is 96.0 Å². The number of amides is 2. The van der Waals surface area contributed by atoms with Gasteiger partial charge in [0, 0.05) is 6.07 Å². The summed E-state index contributed by atoms with van der Waals surface area (Å²) in [6.45, 7) is 1.50. The van der Waals surface area contributed by atoms with Crippen molar-refractivity contribution in [3.8, 4) is 0 Å². The van der Waals surface area contributed by atoms with Gasteiger partial charge >= 0.3 is 0 Å². The van der Waals surface area contributed by atoms with E-state index >= 15 is 0 Å². The lowest BCUT2D eigenvalue weighted by molar-refractivity contribution is -0.383. The Balaban J connectivity index is 2.61. The SMILES string of the molecule is CC1NC(=O)c2cccc([N+](=O)[O-])c2NC1=O. The van der Waals surface area contributed by atoms with E-state index in [4.69, 9.17) is 0 Å². The first kappa shape index (κ1) is 11.1. The summed E-state index contributed by atoms with van der Waals surface area (Å²) in [6.07, 6.45) is 0. The Morgan fingerprint density at radius 3 is 2.71 bits per heavy atom. The molecule has 7 nitrogen and oxygen atoms in total. The fourth-order valence-corrected chi connectivity index (χ4v) is 1.58. The van der Waals surface area contributed by atoms with Crippen molar-refractivity contribution < 1.29 is 14.5 Å². The van der Waals surface area contributed by atoms with Crippen molar-refractivity contribution >= 4 is 23.2 Å². The second-order valence-electron chi connectivity index (χ2n) is 3.64. The zero-order chi connectivity index (χ0) is 12.6. The lowest BCUT2D eigenvalue weighted by atomic mass is 10.1. The summed E-state index contributed by atoms with van der Waals surface area (Å²) < 4.78 is 0. The molecule has 1 atom stereocenters. The van der Waals surface area contributed by atoms with Crippen molar-refractivity contribution in [3.63, 3.8) is 0 Å². The van der Waals surface area contributed by atoms with E-state index in [9.17, 15) is 19.7 Å². The highest BCUT2D eigenvalue weighted by atomic mass is 16.6. The van der Waals surface area contributed by atoms with Gasteiger partial charge in [-0.3, -0.25) is 19.7 Å². The molecule has 2 N–H and O–H groups in total. The molecule has 0 bridgehead atoms. The lowest BCUT2D eigenvalue weighted by Crippen LogP contribution is -2.38. The summed E-state index contributed by atoms with van der Waals surface area (Å²) in [4.78, 5) is 33.4. The molecule has 1 aliphatic heterocycles. The summed E-state index contributed by atoms with van der Waals surface area (Å²) in [5, 5.41) is 15.6. The Morgan fingerprint density at radius 2 is 2.06 bits per heavy atom. The standard InChI is InChI=1S/C10H9N3O4/c1-5-9(14)12-8-6(10(15)11-5)3-2-4-7(8)13(16)17/h2-5H,1H3,(H,11,15)(H,12,14). The minimum atomic E-state index is -0.727. The van der Waals surface area contributed by atoms with Gasteiger partial charge in [0.2, 0.25) is 5.91 Å². The second kappa shape index (κ2) is 3.85. The maximum atomic E-state index is 11.7. The largest absolute Gasteiger partial charge is 0.340 e. The predicted octanol–water partition coefficient (Wildman–Crippen LogP) is 0.665. The third-order valence-electron chi connectivity index (χ3n) is 2.47. The molecular formula is C10H9N3O4. The third-order valence-corrected chi connectivity index (χ3v) is 2.47. The van der Waals surface area contributed by atoms with Gasteiger partial charge in [-0.05, 0) is 13.0 Å². The number of fused-ring (bicyclic) bond motifs is 1. The van der Waals surface area contributed by atoms with E-state index in [0.717, 1.165) is 0 Å².